The van der Waals surface area contributed by atoms with Gasteiger partial charge < -0.3 is 21.1 Å². The standard InChI is InChI=1S/C13H15NO3.C8H6FN.C3H9NO.CO2/c1-8-6-10(4-5-12(8)14-3)7-11(9(2)15)13(16)17;1-6-5-7(9)3-4-8(6)10-2;1-3(5)2-4;2-1-3/h4-6,9,11,15H,7H2,1-2H3,(H,16,17);3-5H,1H3;3,5H,2,4H2,1H3;/t9-,11+;;3-;/m0.0./s1. The molecule has 9 nitrogen and oxygen atoms in total. The Kier molecular flexibility index (Phi) is 17.6. The Morgan fingerprint density at radius 3 is 1.77 bits per heavy atom. The van der Waals surface area contributed by atoms with Gasteiger partial charge in [0.05, 0.1) is 31.3 Å². The number of carboxylic acids is 1. The summed E-state index contributed by atoms with van der Waals surface area (Å²) in [7, 11) is 0. The molecular weight excluding hydrogens is 457 g/mol. The second-order valence-corrected chi connectivity index (χ2v) is 7.33. The van der Waals surface area contributed by atoms with E-state index >= 15 is 0 Å². The molecule has 0 spiro atoms. The van der Waals surface area contributed by atoms with Crippen molar-refractivity contribution in [3.05, 3.63) is 81.7 Å². The summed E-state index contributed by atoms with van der Waals surface area (Å²) in [6.07, 6.45) is -0.713. The van der Waals surface area contributed by atoms with Gasteiger partial charge in [-0.1, -0.05) is 24.3 Å². The van der Waals surface area contributed by atoms with Gasteiger partial charge in [-0.2, -0.15) is 9.59 Å². The first kappa shape index (κ1) is 33.3. The van der Waals surface area contributed by atoms with Gasteiger partial charge in [-0.3, -0.25) is 4.79 Å². The Balaban J connectivity index is 0. The molecule has 2 aromatic rings. The van der Waals surface area contributed by atoms with Crippen LogP contribution in [0.15, 0.2) is 36.4 Å². The maximum Gasteiger partial charge on any atom is 0.373 e. The fraction of sp³-hybridized carbons (Fsp3) is 0.360. The number of aliphatic carboxylic acids is 1. The summed E-state index contributed by atoms with van der Waals surface area (Å²) in [6.45, 7) is 20.6. The van der Waals surface area contributed by atoms with Crippen molar-refractivity contribution in [3.8, 4) is 0 Å². The first-order chi connectivity index (χ1) is 16.4. The highest BCUT2D eigenvalue weighted by Gasteiger charge is 2.23. The van der Waals surface area contributed by atoms with Gasteiger partial charge in [-0.05, 0) is 62.9 Å². The largest absolute Gasteiger partial charge is 0.481 e. The summed E-state index contributed by atoms with van der Waals surface area (Å²) in [4.78, 5) is 33.7. The van der Waals surface area contributed by atoms with Crippen LogP contribution in [0.25, 0.3) is 9.69 Å². The second-order valence-electron chi connectivity index (χ2n) is 7.33. The summed E-state index contributed by atoms with van der Waals surface area (Å²) < 4.78 is 12.4. The van der Waals surface area contributed by atoms with E-state index in [1.54, 1.807) is 32.0 Å². The molecule has 0 saturated carbocycles. The molecule has 35 heavy (non-hydrogen) atoms. The van der Waals surface area contributed by atoms with Crippen LogP contribution in [0.1, 0.15) is 30.5 Å². The minimum atomic E-state index is -1.01. The Hall–Kier alpha value is -3.92. The van der Waals surface area contributed by atoms with E-state index in [9.17, 15) is 14.3 Å². The first-order valence-corrected chi connectivity index (χ1v) is 10.3. The summed E-state index contributed by atoms with van der Waals surface area (Å²) in [5.41, 5.74) is 8.34. The molecule has 0 radical (unpaired) electrons. The zero-order valence-corrected chi connectivity index (χ0v) is 20.0. The highest BCUT2D eigenvalue weighted by Crippen LogP contribution is 2.22. The van der Waals surface area contributed by atoms with Crippen LogP contribution in [0.2, 0.25) is 0 Å². The molecule has 0 aliphatic heterocycles. The van der Waals surface area contributed by atoms with E-state index in [-0.39, 0.29) is 24.5 Å². The van der Waals surface area contributed by atoms with Crippen molar-refractivity contribution in [1.82, 2.24) is 0 Å². The summed E-state index contributed by atoms with van der Waals surface area (Å²) in [6, 6.07) is 9.34. The highest BCUT2D eigenvalue weighted by atomic mass is 19.1. The van der Waals surface area contributed by atoms with Gasteiger partial charge in [0.15, 0.2) is 11.4 Å². The van der Waals surface area contributed by atoms with Gasteiger partial charge in [-0.15, -0.1) is 0 Å². The molecule has 0 bridgehead atoms. The van der Waals surface area contributed by atoms with Crippen LogP contribution in [-0.2, 0) is 20.8 Å². The third kappa shape index (κ3) is 14.8. The lowest BCUT2D eigenvalue weighted by atomic mass is 9.94. The minimum Gasteiger partial charge on any atom is -0.481 e. The maximum atomic E-state index is 12.4. The van der Waals surface area contributed by atoms with Crippen molar-refractivity contribution < 1.29 is 34.1 Å². The zero-order valence-electron chi connectivity index (χ0n) is 20.0. The number of aryl methyl sites for hydroxylation is 2. The van der Waals surface area contributed by atoms with Crippen molar-refractivity contribution >= 4 is 23.5 Å². The van der Waals surface area contributed by atoms with E-state index in [0.717, 1.165) is 11.1 Å². The summed E-state index contributed by atoms with van der Waals surface area (Å²) in [5.74, 6) is -2.11. The van der Waals surface area contributed by atoms with Crippen LogP contribution in [0.4, 0.5) is 15.8 Å². The third-order valence-corrected chi connectivity index (χ3v) is 4.36. The lowest BCUT2D eigenvalue weighted by Crippen LogP contribution is -2.27. The number of nitrogens with zero attached hydrogens (tertiary/aromatic N) is 2. The Labute approximate surface area is 204 Å². The zero-order chi connectivity index (χ0) is 27.6. The van der Waals surface area contributed by atoms with Crippen molar-refractivity contribution in [2.24, 2.45) is 11.7 Å². The normalized spacial score (nSPS) is 11.6. The molecular formula is C25H30FN3O6. The number of halogens is 1. The number of nitrogens with two attached hydrogens (primary N) is 1. The number of carboxylic acid groups (broad SMARTS) is 1. The first-order valence-electron chi connectivity index (χ1n) is 10.3. The molecule has 0 unspecified atom stereocenters. The molecule has 0 saturated heterocycles. The predicted octanol–water partition coefficient (Wildman–Crippen LogP) is 3.60. The van der Waals surface area contributed by atoms with E-state index in [4.69, 9.17) is 38.7 Å². The molecule has 10 heteroatoms. The minimum absolute atomic E-state index is 0.250. The maximum absolute atomic E-state index is 12.4. The van der Waals surface area contributed by atoms with Gasteiger partial charge in [-0.25, -0.2) is 14.1 Å². The van der Waals surface area contributed by atoms with Gasteiger partial charge >= 0.3 is 12.1 Å². The van der Waals surface area contributed by atoms with Crippen molar-refractivity contribution in [2.75, 3.05) is 6.54 Å². The highest BCUT2D eigenvalue weighted by molar-refractivity contribution is 5.71. The Bertz CT molecular complexity index is 1050. The number of benzene rings is 2. The lowest BCUT2D eigenvalue weighted by Gasteiger charge is -2.15. The number of rotatable bonds is 5. The quantitative estimate of drug-likeness (QED) is 0.471. The number of hydrogen-bond donors (Lipinski definition) is 4. The SMILES string of the molecule is C[C@H](O)CN.O=C=O.[C-]#[N+]c1ccc(C[C@@H](C(=O)O)[C@H](C)O)cc1C.[C-]#[N+]c1ccc(F)cc1C. The number of aliphatic hydroxyl groups excluding tert-OH is 2. The molecule has 3 atom stereocenters. The molecule has 0 aliphatic rings. The lowest BCUT2D eigenvalue weighted by molar-refractivity contribution is -0.191. The van der Waals surface area contributed by atoms with Crippen LogP contribution < -0.4 is 5.73 Å². The Morgan fingerprint density at radius 2 is 1.46 bits per heavy atom. The smallest absolute Gasteiger partial charge is 0.373 e. The molecule has 5 N–H and O–H groups in total. The van der Waals surface area contributed by atoms with Crippen LogP contribution >= 0.6 is 0 Å². The molecule has 2 aromatic carbocycles. The molecule has 188 valence electrons. The van der Waals surface area contributed by atoms with Crippen molar-refractivity contribution in [1.29, 1.82) is 0 Å². The Morgan fingerprint density at radius 1 is 1.03 bits per heavy atom. The van der Waals surface area contributed by atoms with Crippen LogP contribution in [0.5, 0.6) is 0 Å². The van der Waals surface area contributed by atoms with E-state index in [2.05, 4.69) is 9.69 Å². The summed E-state index contributed by atoms with van der Waals surface area (Å²) >= 11 is 0. The number of hydrogen-bond acceptors (Lipinski definition) is 6. The average molecular weight is 488 g/mol. The molecule has 0 fully saturated rings. The fourth-order valence-corrected chi connectivity index (χ4v) is 2.43. The molecule has 0 aromatic heterocycles. The van der Waals surface area contributed by atoms with E-state index in [0.29, 0.717) is 23.5 Å². The topological polar surface area (TPSA) is 147 Å². The van der Waals surface area contributed by atoms with Crippen LogP contribution in [0.3, 0.4) is 0 Å². The molecule has 0 heterocycles. The van der Waals surface area contributed by atoms with Crippen LogP contribution in [-0.4, -0.2) is 46.2 Å². The fourth-order valence-electron chi connectivity index (χ4n) is 2.43. The monoisotopic (exact) mass is 487 g/mol. The van der Waals surface area contributed by atoms with Crippen molar-refractivity contribution in [2.45, 2.75) is 46.3 Å². The van der Waals surface area contributed by atoms with Gasteiger partial charge in [0.2, 0.25) is 0 Å². The molecule has 0 amide bonds. The van der Waals surface area contributed by atoms with Gasteiger partial charge in [0.1, 0.15) is 5.82 Å². The van der Waals surface area contributed by atoms with Crippen molar-refractivity contribution in [3.63, 3.8) is 0 Å². The second kappa shape index (κ2) is 18.5. The molecule has 2 rings (SSSR count). The average Bonchev–Trinajstić information content (AvgIpc) is 2.78. The van der Waals surface area contributed by atoms with E-state index in [1.165, 1.54) is 25.1 Å². The molecule has 0 aliphatic carbocycles. The number of carbonyl (C=O) groups is 1. The number of aliphatic hydroxyl groups is 2. The van der Waals surface area contributed by atoms with E-state index < -0.39 is 18.0 Å². The van der Waals surface area contributed by atoms with E-state index in [1.807, 2.05) is 6.92 Å². The number of carbonyl (C=O) groups excluding carboxylic acids is 2. The predicted molar refractivity (Wildman–Crippen MR) is 127 cm³/mol. The summed E-state index contributed by atoms with van der Waals surface area (Å²) in [5, 5.41) is 26.6. The van der Waals surface area contributed by atoms with Gasteiger partial charge in [0.25, 0.3) is 0 Å². The third-order valence-electron chi connectivity index (χ3n) is 4.36. The van der Waals surface area contributed by atoms with Crippen LogP contribution in [0, 0.1) is 38.7 Å². The van der Waals surface area contributed by atoms with Gasteiger partial charge in [0, 0.05) is 6.54 Å².